The van der Waals surface area contributed by atoms with E-state index in [2.05, 4.69) is 5.32 Å². The van der Waals surface area contributed by atoms with Gasteiger partial charge >= 0.3 is 5.97 Å². The van der Waals surface area contributed by atoms with E-state index in [1.807, 2.05) is 0 Å². The van der Waals surface area contributed by atoms with Crippen molar-refractivity contribution in [1.82, 2.24) is 5.32 Å². The van der Waals surface area contributed by atoms with Crippen LogP contribution in [0.15, 0.2) is 0 Å². The van der Waals surface area contributed by atoms with Crippen LogP contribution in [0.4, 0.5) is 0 Å². The van der Waals surface area contributed by atoms with E-state index in [0.717, 1.165) is 12.2 Å². The summed E-state index contributed by atoms with van der Waals surface area (Å²) >= 11 is 1.72. The van der Waals surface area contributed by atoms with E-state index in [1.54, 1.807) is 11.8 Å². The Morgan fingerprint density at radius 1 is 1.53 bits per heavy atom. The highest BCUT2D eigenvalue weighted by Crippen LogP contribution is 2.44. The Bertz CT molecular complexity index is 259. The monoisotopic (exact) mass is 231 g/mol. The minimum Gasteiger partial charge on any atom is -0.468 e. The first-order chi connectivity index (χ1) is 7.15. The van der Waals surface area contributed by atoms with Crippen LogP contribution in [-0.2, 0) is 9.53 Å². The predicted octanol–water partition coefficient (Wildman–Crippen LogP) is 0.00710. The van der Waals surface area contributed by atoms with Crippen LogP contribution in [0.3, 0.4) is 0 Å². The molecule has 2 saturated heterocycles. The maximum Gasteiger partial charge on any atom is 0.317 e. The molecule has 2 rings (SSSR count). The van der Waals surface area contributed by atoms with Crippen molar-refractivity contribution in [3.8, 4) is 0 Å². The second-order valence-corrected chi connectivity index (χ2v) is 5.47. The molecular formula is C10H17NO3S. The fourth-order valence-corrected chi connectivity index (χ4v) is 3.64. The maximum atomic E-state index is 11.8. The van der Waals surface area contributed by atoms with Crippen LogP contribution in [0.1, 0.15) is 12.8 Å². The summed E-state index contributed by atoms with van der Waals surface area (Å²) in [5.41, 5.74) is -1.58. The van der Waals surface area contributed by atoms with Crippen molar-refractivity contribution in [2.75, 3.05) is 31.7 Å². The topological polar surface area (TPSA) is 58.6 Å². The number of thioether (sulfide) groups is 1. The number of rotatable bonds is 2. The fourth-order valence-electron chi connectivity index (χ4n) is 2.39. The second-order valence-electron chi connectivity index (χ2n) is 4.36. The average Bonchev–Trinajstić information content (AvgIpc) is 2.16. The summed E-state index contributed by atoms with van der Waals surface area (Å²) in [6, 6.07) is 0. The summed E-state index contributed by atoms with van der Waals surface area (Å²) in [5, 5.41) is 13.7. The standard InChI is InChI=1S/C10H17NO3S/c1-14-8(12)9(5-11-6-9)10(13)3-2-4-15-7-10/h11,13H,2-7H2,1H3. The van der Waals surface area contributed by atoms with Crippen molar-refractivity contribution in [1.29, 1.82) is 0 Å². The number of carbonyl (C=O) groups excluding carboxylic acids is 1. The Balaban J connectivity index is 2.20. The summed E-state index contributed by atoms with van der Waals surface area (Å²) in [6.45, 7) is 1.08. The van der Waals surface area contributed by atoms with Crippen LogP contribution in [0.2, 0.25) is 0 Å². The molecule has 0 aromatic rings. The highest BCUT2D eigenvalue weighted by molar-refractivity contribution is 7.99. The van der Waals surface area contributed by atoms with Crippen molar-refractivity contribution >= 4 is 17.7 Å². The van der Waals surface area contributed by atoms with Gasteiger partial charge in [0.1, 0.15) is 5.41 Å². The van der Waals surface area contributed by atoms with Gasteiger partial charge in [-0.2, -0.15) is 11.8 Å². The van der Waals surface area contributed by atoms with E-state index in [0.29, 0.717) is 25.3 Å². The van der Waals surface area contributed by atoms with E-state index < -0.39 is 11.0 Å². The molecule has 0 aromatic heterocycles. The highest BCUT2D eigenvalue weighted by atomic mass is 32.2. The fraction of sp³-hybridized carbons (Fsp3) is 0.900. The number of carbonyl (C=O) groups is 1. The van der Waals surface area contributed by atoms with Gasteiger partial charge in [0, 0.05) is 18.8 Å². The van der Waals surface area contributed by atoms with Gasteiger partial charge in [-0.3, -0.25) is 4.79 Å². The number of aliphatic hydroxyl groups is 1. The molecule has 2 heterocycles. The van der Waals surface area contributed by atoms with Gasteiger partial charge in [0.2, 0.25) is 0 Å². The number of hydrogen-bond donors (Lipinski definition) is 2. The lowest BCUT2D eigenvalue weighted by Crippen LogP contribution is -2.71. The molecule has 0 amide bonds. The molecular weight excluding hydrogens is 214 g/mol. The average molecular weight is 231 g/mol. The number of methoxy groups -OCH3 is 1. The van der Waals surface area contributed by atoms with Crippen LogP contribution in [-0.4, -0.2) is 48.4 Å². The minimum absolute atomic E-state index is 0.272. The molecule has 2 aliphatic heterocycles. The van der Waals surface area contributed by atoms with Gasteiger partial charge in [-0.25, -0.2) is 0 Å². The maximum absolute atomic E-state index is 11.8. The van der Waals surface area contributed by atoms with Crippen LogP contribution >= 0.6 is 11.8 Å². The highest BCUT2D eigenvalue weighted by Gasteiger charge is 2.60. The van der Waals surface area contributed by atoms with E-state index >= 15 is 0 Å². The van der Waals surface area contributed by atoms with Gasteiger partial charge in [0.15, 0.2) is 0 Å². The Kier molecular flexibility index (Phi) is 2.96. The Labute approximate surface area is 93.8 Å². The summed E-state index contributed by atoms with van der Waals surface area (Å²) in [7, 11) is 1.39. The Hall–Kier alpha value is -0.260. The number of nitrogens with one attached hydrogen (secondary N) is 1. The quantitative estimate of drug-likeness (QED) is 0.656. The van der Waals surface area contributed by atoms with Gasteiger partial charge in [0.05, 0.1) is 12.7 Å². The Morgan fingerprint density at radius 2 is 2.27 bits per heavy atom. The SMILES string of the molecule is COC(=O)C1(C2(O)CCCSC2)CNC1. The summed E-state index contributed by atoms with van der Waals surface area (Å²) in [5.74, 6) is 1.45. The van der Waals surface area contributed by atoms with Crippen LogP contribution < -0.4 is 5.32 Å². The predicted molar refractivity (Wildman–Crippen MR) is 58.8 cm³/mol. The molecule has 1 atom stereocenters. The number of esters is 1. The molecule has 1 unspecified atom stereocenters. The molecule has 2 fully saturated rings. The molecule has 0 saturated carbocycles. The molecule has 0 spiro atoms. The lowest BCUT2D eigenvalue weighted by atomic mass is 9.66. The lowest BCUT2D eigenvalue weighted by molar-refractivity contribution is -0.179. The van der Waals surface area contributed by atoms with Gasteiger partial charge < -0.3 is 15.2 Å². The molecule has 5 heteroatoms. The first-order valence-electron chi connectivity index (χ1n) is 5.24. The first-order valence-corrected chi connectivity index (χ1v) is 6.39. The van der Waals surface area contributed by atoms with E-state index in [4.69, 9.17) is 4.74 Å². The summed E-state index contributed by atoms with van der Waals surface area (Å²) in [4.78, 5) is 11.8. The molecule has 4 nitrogen and oxygen atoms in total. The third-order valence-corrected chi connectivity index (χ3v) is 4.80. The molecule has 0 aromatic carbocycles. The van der Waals surface area contributed by atoms with E-state index in [-0.39, 0.29) is 5.97 Å². The van der Waals surface area contributed by atoms with Gasteiger partial charge in [-0.05, 0) is 18.6 Å². The minimum atomic E-state index is -0.881. The van der Waals surface area contributed by atoms with Crippen molar-refractivity contribution in [3.63, 3.8) is 0 Å². The molecule has 15 heavy (non-hydrogen) atoms. The number of hydrogen-bond acceptors (Lipinski definition) is 5. The zero-order chi connectivity index (χ0) is 10.9. The van der Waals surface area contributed by atoms with E-state index in [9.17, 15) is 9.90 Å². The van der Waals surface area contributed by atoms with Gasteiger partial charge in [-0.1, -0.05) is 0 Å². The van der Waals surface area contributed by atoms with Gasteiger partial charge in [0.25, 0.3) is 0 Å². The summed E-state index contributed by atoms with van der Waals surface area (Å²) in [6.07, 6.45) is 1.68. The zero-order valence-corrected chi connectivity index (χ0v) is 9.73. The first kappa shape index (κ1) is 11.2. The van der Waals surface area contributed by atoms with E-state index in [1.165, 1.54) is 7.11 Å². The third kappa shape index (κ3) is 1.57. The van der Waals surface area contributed by atoms with Crippen LogP contribution in [0.5, 0.6) is 0 Å². The van der Waals surface area contributed by atoms with Crippen LogP contribution in [0, 0.1) is 5.41 Å². The largest absolute Gasteiger partial charge is 0.468 e. The molecule has 0 bridgehead atoms. The zero-order valence-electron chi connectivity index (χ0n) is 8.91. The van der Waals surface area contributed by atoms with Crippen molar-refractivity contribution in [2.24, 2.45) is 5.41 Å². The van der Waals surface area contributed by atoms with Crippen molar-refractivity contribution in [3.05, 3.63) is 0 Å². The Morgan fingerprint density at radius 3 is 2.67 bits per heavy atom. The molecule has 2 N–H and O–H groups in total. The lowest BCUT2D eigenvalue weighted by Gasteiger charge is -2.52. The van der Waals surface area contributed by atoms with Gasteiger partial charge in [-0.15, -0.1) is 0 Å². The summed E-state index contributed by atoms with van der Waals surface area (Å²) < 4.78 is 4.83. The van der Waals surface area contributed by atoms with Crippen molar-refractivity contribution < 1.29 is 14.6 Å². The smallest absolute Gasteiger partial charge is 0.317 e. The molecule has 0 radical (unpaired) electrons. The molecule has 2 aliphatic rings. The molecule has 86 valence electrons. The number of ether oxygens (including phenoxy) is 1. The van der Waals surface area contributed by atoms with Crippen LogP contribution in [0.25, 0.3) is 0 Å². The normalized spacial score (nSPS) is 34.3. The third-order valence-electron chi connectivity index (χ3n) is 3.54. The second kappa shape index (κ2) is 3.96. The van der Waals surface area contributed by atoms with Crippen molar-refractivity contribution in [2.45, 2.75) is 18.4 Å². The molecule has 0 aliphatic carbocycles.